The number of thiazole rings is 1. The van der Waals surface area contributed by atoms with Crippen LogP contribution < -0.4 is 19.6 Å². The van der Waals surface area contributed by atoms with Crippen LogP contribution in [0.1, 0.15) is 31.2 Å². The van der Waals surface area contributed by atoms with Crippen LogP contribution in [0.5, 0.6) is 5.75 Å². The molecule has 3 aromatic carbocycles. The third kappa shape index (κ3) is 5.05. The first-order valence-electron chi connectivity index (χ1n) is 13.5. The Balaban J connectivity index is 1.56. The van der Waals surface area contributed by atoms with Crippen LogP contribution >= 0.6 is 27.3 Å². The van der Waals surface area contributed by atoms with Gasteiger partial charge in [0.15, 0.2) is 4.80 Å². The second-order valence-electron chi connectivity index (χ2n) is 9.83. The molecule has 0 unspecified atom stereocenters. The van der Waals surface area contributed by atoms with Crippen LogP contribution in [-0.2, 0) is 9.53 Å². The van der Waals surface area contributed by atoms with Crippen molar-refractivity contribution in [3.05, 3.63) is 124 Å². The van der Waals surface area contributed by atoms with E-state index in [0.717, 1.165) is 22.1 Å². The number of rotatable bonds is 7. The first-order chi connectivity index (χ1) is 21.2. The molecule has 0 saturated heterocycles. The molecular weight excluding hydrogens is 650 g/mol. The standard InChI is InChI=1S/C32H24BrN3O7S/c1-4-42-31(38)27-17(2)34-32-35(29(27)28-21-8-6-5-7-18(21)9-13-25(28)41-3)30(37)26(44-32)16-20-11-14-24(43-20)22-12-10-19(33)15-23(22)36(39)40/h5-16,29H,4H2,1-3H3/b26-16-/t29-/m0/s1. The largest absolute Gasteiger partial charge is 0.496 e. The van der Waals surface area contributed by atoms with E-state index in [-0.39, 0.29) is 23.6 Å². The van der Waals surface area contributed by atoms with E-state index in [2.05, 4.69) is 20.9 Å². The minimum atomic E-state index is -0.883. The van der Waals surface area contributed by atoms with E-state index in [1.54, 1.807) is 51.3 Å². The Hall–Kier alpha value is -4.81. The number of methoxy groups -OCH3 is 1. The molecule has 1 aliphatic rings. The number of hydrogen-bond donors (Lipinski definition) is 0. The molecule has 0 saturated carbocycles. The molecular formula is C32H24BrN3O7S. The fraction of sp³-hybridized carbons (Fsp3) is 0.156. The Kier molecular flexibility index (Phi) is 7.78. The molecule has 222 valence electrons. The minimum Gasteiger partial charge on any atom is -0.496 e. The van der Waals surface area contributed by atoms with E-state index in [4.69, 9.17) is 13.9 Å². The molecule has 0 bridgehead atoms. The number of nitro groups is 1. The van der Waals surface area contributed by atoms with Gasteiger partial charge in [-0.15, -0.1) is 0 Å². The Morgan fingerprint density at radius 3 is 2.73 bits per heavy atom. The van der Waals surface area contributed by atoms with Crippen molar-refractivity contribution in [2.75, 3.05) is 13.7 Å². The Morgan fingerprint density at radius 1 is 1.18 bits per heavy atom. The summed E-state index contributed by atoms with van der Waals surface area (Å²) in [4.78, 5) is 43.8. The summed E-state index contributed by atoms with van der Waals surface area (Å²) in [7, 11) is 1.54. The van der Waals surface area contributed by atoms with Crippen LogP contribution in [0.2, 0.25) is 0 Å². The van der Waals surface area contributed by atoms with Crippen LogP contribution in [0.25, 0.3) is 28.2 Å². The molecule has 2 aromatic heterocycles. The Morgan fingerprint density at radius 2 is 1.98 bits per heavy atom. The normalized spacial score (nSPS) is 14.8. The van der Waals surface area contributed by atoms with Gasteiger partial charge in [0.25, 0.3) is 11.2 Å². The highest BCUT2D eigenvalue weighted by molar-refractivity contribution is 9.10. The number of hydrogen-bond acceptors (Lipinski definition) is 9. The zero-order chi connectivity index (χ0) is 31.1. The summed E-state index contributed by atoms with van der Waals surface area (Å²) in [5.74, 6) is 0.534. The van der Waals surface area contributed by atoms with E-state index >= 15 is 0 Å². The van der Waals surface area contributed by atoms with Gasteiger partial charge in [-0.2, -0.15) is 0 Å². The van der Waals surface area contributed by atoms with Gasteiger partial charge in [-0.1, -0.05) is 57.6 Å². The van der Waals surface area contributed by atoms with Gasteiger partial charge < -0.3 is 13.9 Å². The van der Waals surface area contributed by atoms with Gasteiger partial charge in [-0.25, -0.2) is 9.79 Å². The monoisotopic (exact) mass is 673 g/mol. The quantitative estimate of drug-likeness (QED) is 0.120. The van der Waals surface area contributed by atoms with Gasteiger partial charge in [0.2, 0.25) is 0 Å². The fourth-order valence-electron chi connectivity index (χ4n) is 5.37. The third-order valence-electron chi connectivity index (χ3n) is 7.26. The molecule has 12 heteroatoms. The molecule has 5 aromatic rings. The Labute approximate surface area is 262 Å². The molecule has 10 nitrogen and oxygen atoms in total. The summed E-state index contributed by atoms with van der Waals surface area (Å²) in [6.45, 7) is 3.59. The molecule has 0 spiro atoms. The van der Waals surface area contributed by atoms with Gasteiger partial charge in [0.05, 0.1) is 40.0 Å². The lowest BCUT2D eigenvalue weighted by Gasteiger charge is -2.27. The van der Waals surface area contributed by atoms with Crippen molar-refractivity contribution in [3.63, 3.8) is 0 Å². The fourth-order valence-corrected chi connectivity index (χ4v) is 6.74. The third-order valence-corrected chi connectivity index (χ3v) is 8.74. The molecule has 1 atom stereocenters. The number of furan rings is 1. The van der Waals surface area contributed by atoms with Crippen LogP contribution in [0.3, 0.4) is 0 Å². The maximum Gasteiger partial charge on any atom is 0.338 e. The van der Waals surface area contributed by atoms with Crippen LogP contribution in [0.4, 0.5) is 5.69 Å². The van der Waals surface area contributed by atoms with E-state index < -0.39 is 22.5 Å². The number of ether oxygens (including phenoxy) is 2. The summed E-state index contributed by atoms with van der Waals surface area (Å²) < 4.78 is 19.5. The second-order valence-corrected chi connectivity index (χ2v) is 11.8. The van der Waals surface area contributed by atoms with Gasteiger partial charge in [0, 0.05) is 22.2 Å². The van der Waals surface area contributed by atoms with E-state index in [1.807, 2.05) is 36.4 Å². The highest BCUT2D eigenvalue weighted by Gasteiger charge is 2.36. The topological polar surface area (TPSA) is 126 Å². The number of nitrogens with zero attached hydrogens (tertiary/aromatic N) is 3. The van der Waals surface area contributed by atoms with Gasteiger partial charge in [-0.3, -0.25) is 19.5 Å². The van der Waals surface area contributed by atoms with Crippen molar-refractivity contribution in [2.24, 2.45) is 4.99 Å². The van der Waals surface area contributed by atoms with Crippen LogP contribution in [0.15, 0.2) is 96.7 Å². The number of fused-ring (bicyclic) bond motifs is 2. The molecule has 6 rings (SSSR count). The molecule has 0 aliphatic carbocycles. The summed E-state index contributed by atoms with van der Waals surface area (Å²) in [5, 5.41) is 13.4. The average Bonchev–Trinajstić information content (AvgIpc) is 3.59. The van der Waals surface area contributed by atoms with Crippen molar-refractivity contribution in [1.29, 1.82) is 0 Å². The number of aromatic nitrogens is 1. The number of esters is 1. The zero-order valence-corrected chi connectivity index (χ0v) is 26.1. The first-order valence-corrected chi connectivity index (χ1v) is 15.1. The zero-order valence-electron chi connectivity index (χ0n) is 23.7. The van der Waals surface area contributed by atoms with Crippen LogP contribution in [0, 0.1) is 10.1 Å². The highest BCUT2D eigenvalue weighted by Crippen LogP contribution is 2.40. The number of carbonyl (C=O) groups excluding carboxylic acids is 1. The lowest BCUT2D eigenvalue weighted by atomic mass is 9.90. The molecule has 0 radical (unpaired) electrons. The number of nitro benzene ring substituents is 1. The molecule has 44 heavy (non-hydrogen) atoms. The molecule has 0 amide bonds. The first kappa shape index (κ1) is 29.3. The average molecular weight is 675 g/mol. The number of carbonyl (C=O) groups is 1. The Bertz CT molecular complexity index is 2200. The van der Waals surface area contributed by atoms with Crippen molar-refractivity contribution >= 4 is 55.8 Å². The smallest absolute Gasteiger partial charge is 0.338 e. The van der Waals surface area contributed by atoms with E-state index in [9.17, 15) is 19.7 Å². The lowest BCUT2D eigenvalue weighted by Crippen LogP contribution is -2.40. The van der Waals surface area contributed by atoms with Gasteiger partial charge in [-0.05, 0) is 55.0 Å². The summed E-state index contributed by atoms with van der Waals surface area (Å²) in [6, 6.07) is 18.5. The predicted molar refractivity (Wildman–Crippen MR) is 169 cm³/mol. The molecule has 0 fully saturated rings. The number of allylic oxidation sites excluding steroid dienone is 1. The maximum atomic E-state index is 14.2. The minimum absolute atomic E-state index is 0.120. The van der Waals surface area contributed by atoms with E-state index in [1.165, 1.54) is 10.6 Å². The molecule has 1 aliphatic heterocycles. The lowest BCUT2D eigenvalue weighted by molar-refractivity contribution is -0.384. The van der Waals surface area contributed by atoms with E-state index in [0.29, 0.717) is 42.1 Å². The molecule has 3 heterocycles. The van der Waals surface area contributed by atoms with Gasteiger partial charge in [0.1, 0.15) is 23.3 Å². The number of halogens is 1. The highest BCUT2D eigenvalue weighted by atomic mass is 79.9. The predicted octanol–water partition coefficient (Wildman–Crippen LogP) is 5.89. The van der Waals surface area contributed by atoms with Crippen LogP contribution in [-0.4, -0.2) is 29.2 Å². The summed E-state index contributed by atoms with van der Waals surface area (Å²) in [6.07, 6.45) is 1.57. The van der Waals surface area contributed by atoms with Gasteiger partial charge >= 0.3 is 5.97 Å². The SMILES string of the molecule is CCOC(=O)C1=C(C)N=c2s/c(=C\c3ccc(-c4ccc(Br)cc4[N+](=O)[O-])o3)c(=O)n2[C@@H]1c1c(OC)ccc2ccccc12. The summed E-state index contributed by atoms with van der Waals surface area (Å²) >= 11 is 4.41. The van der Waals surface area contributed by atoms with Crippen molar-refractivity contribution in [3.8, 4) is 17.1 Å². The molecule has 0 N–H and O–H groups in total. The van der Waals surface area contributed by atoms with Crippen molar-refractivity contribution in [2.45, 2.75) is 19.9 Å². The van der Waals surface area contributed by atoms with Crippen molar-refractivity contribution in [1.82, 2.24) is 4.57 Å². The number of benzene rings is 3. The second kappa shape index (κ2) is 11.7. The summed E-state index contributed by atoms with van der Waals surface area (Å²) in [5.41, 5.74) is 1.10. The van der Waals surface area contributed by atoms with Crippen molar-refractivity contribution < 1.29 is 23.6 Å². The maximum absolute atomic E-state index is 14.2.